The highest BCUT2D eigenvalue weighted by Gasteiger charge is 2.18. The van der Waals surface area contributed by atoms with Crippen LogP contribution in [-0.4, -0.2) is 21.0 Å². The molecule has 134 valence electrons. The van der Waals surface area contributed by atoms with Crippen LogP contribution in [0.1, 0.15) is 41.4 Å². The highest BCUT2D eigenvalue weighted by molar-refractivity contribution is 7.09. The molecule has 0 aliphatic heterocycles. The number of hydrogen-bond donors (Lipinski definition) is 1. The van der Waals surface area contributed by atoms with Gasteiger partial charge in [-0.15, -0.1) is 0 Å². The lowest BCUT2D eigenvalue weighted by molar-refractivity contribution is -0.116. The Morgan fingerprint density at radius 3 is 2.81 bits per heavy atom. The van der Waals surface area contributed by atoms with Crippen LogP contribution < -0.4 is 5.32 Å². The molecule has 0 saturated carbocycles. The number of rotatable bonds is 6. The molecular formula is C19H19N3O3S. The number of carbonyl (C=O) groups excluding carboxylic acids is 2. The molecule has 0 saturated heterocycles. The molecule has 7 heteroatoms. The van der Waals surface area contributed by atoms with Gasteiger partial charge in [0.1, 0.15) is 17.3 Å². The molecule has 2 aromatic heterocycles. The van der Waals surface area contributed by atoms with Crippen molar-refractivity contribution in [2.75, 3.05) is 5.32 Å². The van der Waals surface area contributed by atoms with Crippen molar-refractivity contribution >= 4 is 28.4 Å². The second kappa shape index (κ2) is 7.61. The van der Waals surface area contributed by atoms with Crippen molar-refractivity contribution in [1.82, 2.24) is 9.36 Å². The smallest absolute Gasteiger partial charge is 0.261 e. The first-order chi connectivity index (χ1) is 12.5. The number of Topliss-reactive ketones (excluding diaryl/α,β-unsaturated/α-hetero) is 1. The zero-order valence-electron chi connectivity index (χ0n) is 14.8. The van der Waals surface area contributed by atoms with Crippen molar-refractivity contribution in [2.45, 2.75) is 33.6 Å². The van der Waals surface area contributed by atoms with Gasteiger partial charge in [0.05, 0.1) is 12.0 Å². The second-order valence-corrected chi connectivity index (χ2v) is 6.73. The van der Waals surface area contributed by atoms with E-state index in [1.54, 1.807) is 13.0 Å². The van der Waals surface area contributed by atoms with E-state index in [9.17, 15) is 9.59 Å². The topological polar surface area (TPSA) is 85.1 Å². The molecule has 6 nitrogen and oxygen atoms in total. The fraction of sp³-hybridized carbons (Fsp3) is 0.263. The van der Waals surface area contributed by atoms with Crippen molar-refractivity contribution in [3.05, 3.63) is 53.0 Å². The zero-order valence-corrected chi connectivity index (χ0v) is 15.6. The van der Waals surface area contributed by atoms with Crippen molar-refractivity contribution in [2.24, 2.45) is 0 Å². The molecule has 1 amide bonds. The monoisotopic (exact) mass is 369 g/mol. The third kappa shape index (κ3) is 4.05. The number of benzene rings is 1. The molecule has 26 heavy (non-hydrogen) atoms. The lowest BCUT2D eigenvalue weighted by atomic mass is 10.1. The average Bonchev–Trinajstić information content (AvgIpc) is 3.20. The summed E-state index contributed by atoms with van der Waals surface area (Å²) in [5.74, 6) is 1.27. The van der Waals surface area contributed by atoms with E-state index in [-0.39, 0.29) is 18.1 Å². The SMILES string of the molecule is CCc1cccc(-c2cc(C(=O)Nc3nc(CC(C)=O)ns3)c(C)o2)c1. The first kappa shape index (κ1) is 18.0. The van der Waals surface area contributed by atoms with E-state index >= 15 is 0 Å². The fourth-order valence-electron chi connectivity index (χ4n) is 2.56. The molecule has 1 aromatic carbocycles. The minimum absolute atomic E-state index is 0.0229. The van der Waals surface area contributed by atoms with Crippen molar-refractivity contribution in [3.63, 3.8) is 0 Å². The van der Waals surface area contributed by atoms with E-state index in [1.807, 2.05) is 12.1 Å². The molecule has 0 spiro atoms. The number of carbonyl (C=O) groups is 2. The molecule has 2 heterocycles. The van der Waals surface area contributed by atoms with Crippen molar-refractivity contribution in [3.8, 4) is 11.3 Å². The fourth-order valence-corrected chi connectivity index (χ4v) is 3.14. The predicted octanol–water partition coefficient (Wildman–Crippen LogP) is 4.05. The van der Waals surface area contributed by atoms with Crippen LogP contribution in [0.15, 0.2) is 34.7 Å². The van der Waals surface area contributed by atoms with Gasteiger partial charge in [-0.2, -0.15) is 4.37 Å². The normalized spacial score (nSPS) is 10.7. The van der Waals surface area contributed by atoms with Gasteiger partial charge in [-0.25, -0.2) is 4.98 Å². The number of anilines is 1. The minimum atomic E-state index is -0.310. The van der Waals surface area contributed by atoms with Crippen LogP contribution in [0.3, 0.4) is 0 Å². The third-order valence-corrected chi connectivity index (χ3v) is 4.55. The number of aryl methyl sites for hydroxylation is 2. The maximum absolute atomic E-state index is 12.5. The maximum Gasteiger partial charge on any atom is 0.261 e. The van der Waals surface area contributed by atoms with Crippen LogP contribution in [0.25, 0.3) is 11.3 Å². The molecule has 1 N–H and O–H groups in total. The van der Waals surface area contributed by atoms with Gasteiger partial charge >= 0.3 is 0 Å². The Labute approximate surface area is 155 Å². The average molecular weight is 369 g/mol. The Kier molecular flexibility index (Phi) is 5.27. The number of amides is 1. The molecular weight excluding hydrogens is 350 g/mol. The zero-order chi connectivity index (χ0) is 18.7. The third-order valence-electron chi connectivity index (χ3n) is 3.88. The molecule has 0 aliphatic carbocycles. The molecule has 3 rings (SSSR count). The van der Waals surface area contributed by atoms with Gasteiger partial charge in [0.2, 0.25) is 5.13 Å². The Morgan fingerprint density at radius 1 is 1.27 bits per heavy atom. The van der Waals surface area contributed by atoms with Gasteiger partial charge < -0.3 is 4.42 Å². The van der Waals surface area contributed by atoms with Gasteiger partial charge in [0.25, 0.3) is 5.91 Å². The summed E-state index contributed by atoms with van der Waals surface area (Å²) in [6, 6.07) is 9.78. The number of nitrogens with zero attached hydrogens (tertiary/aromatic N) is 2. The Hall–Kier alpha value is -2.80. The van der Waals surface area contributed by atoms with E-state index < -0.39 is 0 Å². The van der Waals surface area contributed by atoms with Gasteiger partial charge in [0.15, 0.2) is 5.82 Å². The van der Waals surface area contributed by atoms with E-state index in [0.717, 1.165) is 23.5 Å². The Morgan fingerprint density at radius 2 is 2.08 bits per heavy atom. The molecule has 3 aromatic rings. The highest BCUT2D eigenvalue weighted by atomic mass is 32.1. The van der Waals surface area contributed by atoms with E-state index in [0.29, 0.717) is 28.0 Å². The van der Waals surface area contributed by atoms with Crippen LogP contribution in [0.4, 0.5) is 5.13 Å². The van der Waals surface area contributed by atoms with Crippen LogP contribution in [-0.2, 0) is 17.6 Å². The van der Waals surface area contributed by atoms with Crippen molar-refractivity contribution in [1.29, 1.82) is 0 Å². The van der Waals surface area contributed by atoms with E-state index in [1.165, 1.54) is 12.5 Å². The number of hydrogen-bond acceptors (Lipinski definition) is 6. The number of furan rings is 1. The maximum atomic E-state index is 12.5. The molecule has 0 aliphatic rings. The van der Waals surface area contributed by atoms with Crippen LogP contribution in [0.5, 0.6) is 0 Å². The summed E-state index contributed by atoms with van der Waals surface area (Å²) in [5, 5.41) is 3.08. The molecule has 0 bridgehead atoms. The van der Waals surface area contributed by atoms with Gasteiger partial charge in [-0.1, -0.05) is 25.1 Å². The lowest BCUT2D eigenvalue weighted by Crippen LogP contribution is -2.12. The first-order valence-electron chi connectivity index (χ1n) is 8.29. The standard InChI is InChI=1S/C19H19N3O3S/c1-4-13-6-5-7-14(9-13)16-10-15(12(3)25-16)18(24)21-19-20-17(22-26-19)8-11(2)23/h5-7,9-10H,4,8H2,1-3H3,(H,20,21,22,24). The number of ketones is 1. The summed E-state index contributed by atoms with van der Waals surface area (Å²) in [7, 11) is 0. The van der Waals surface area contributed by atoms with E-state index in [4.69, 9.17) is 4.42 Å². The lowest BCUT2D eigenvalue weighted by Gasteiger charge is -2.00. The first-order valence-corrected chi connectivity index (χ1v) is 9.06. The number of nitrogens with one attached hydrogen (secondary N) is 1. The second-order valence-electron chi connectivity index (χ2n) is 5.98. The quantitative estimate of drug-likeness (QED) is 0.708. The molecule has 0 atom stereocenters. The summed E-state index contributed by atoms with van der Waals surface area (Å²) in [4.78, 5) is 27.8. The van der Waals surface area contributed by atoms with Gasteiger partial charge in [-0.05, 0) is 38.0 Å². The molecule has 0 radical (unpaired) electrons. The highest BCUT2D eigenvalue weighted by Crippen LogP contribution is 2.27. The summed E-state index contributed by atoms with van der Waals surface area (Å²) in [6.07, 6.45) is 1.09. The predicted molar refractivity (Wildman–Crippen MR) is 101 cm³/mol. The van der Waals surface area contributed by atoms with Gasteiger partial charge in [0, 0.05) is 17.1 Å². The Balaban J connectivity index is 1.78. The van der Waals surface area contributed by atoms with Crippen LogP contribution >= 0.6 is 11.5 Å². The van der Waals surface area contributed by atoms with Crippen LogP contribution in [0, 0.1) is 6.92 Å². The van der Waals surface area contributed by atoms with Gasteiger partial charge in [-0.3, -0.25) is 14.9 Å². The van der Waals surface area contributed by atoms with Crippen LogP contribution in [0.2, 0.25) is 0 Å². The van der Waals surface area contributed by atoms with Crippen molar-refractivity contribution < 1.29 is 14.0 Å². The molecule has 0 unspecified atom stereocenters. The minimum Gasteiger partial charge on any atom is -0.461 e. The summed E-state index contributed by atoms with van der Waals surface area (Å²) >= 11 is 1.05. The summed E-state index contributed by atoms with van der Waals surface area (Å²) in [6.45, 7) is 5.32. The molecule has 0 fully saturated rings. The number of aromatic nitrogens is 2. The summed E-state index contributed by atoms with van der Waals surface area (Å²) in [5.41, 5.74) is 2.59. The van der Waals surface area contributed by atoms with E-state index in [2.05, 4.69) is 33.7 Å². The largest absolute Gasteiger partial charge is 0.461 e. The Bertz CT molecular complexity index is 959. The summed E-state index contributed by atoms with van der Waals surface area (Å²) < 4.78 is 9.85.